The molecule has 3 heterocycles. The minimum atomic E-state index is -0.435. The second-order valence-corrected chi connectivity index (χ2v) is 5.68. The quantitative estimate of drug-likeness (QED) is 0.799. The Morgan fingerprint density at radius 3 is 2.80 bits per heavy atom. The van der Waals surface area contributed by atoms with Gasteiger partial charge in [0.05, 0.1) is 14.9 Å². The molecule has 0 aliphatic rings. The predicted octanol–water partition coefficient (Wildman–Crippen LogP) is 3.61. The second kappa shape index (κ2) is 5.10. The zero-order valence-electron chi connectivity index (χ0n) is 10.2. The van der Waals surface area contributed by atoms with E-state index in [1.54, 1.807) is 19.1 Å². The molecule has 0 spiro atoms. The van der Waals surface area contributed by atoms with E-state index in [0.717, 1.165) is 4.88 Å². The van der Waals surface area contributed by atoms with Crippen LogP contribution in [0.3, 0.4) is 0 Å². The van der Waals surface area contributed by atoms with Crippen LogP contribution >= 0.6 is 22.9 Å². The fourth-order valence-corrected chi connectivity index (χ4v) is 2.54. The van der Waals surface area contributed by atoms with Gasteiger partial charge in [-0.1, -0.05) is 21.9 Å². The number of carbonyl (C=O) groups excluding carboxylic acids is 1. The van der Waals surface area contributed by atoms with Gasteiger partial charge in [0.2, 0.25) is 5.76 Å². The molecule has 0 saturated heterocycles. The Hall–Kier alpha value is -2.12. The van der Waals surface area contributed by atoms with Crippen LogP contribution < -0.4 is 5.32 Å². The van der Waals surface area contributed by atoms with Crippen LogP contribution in [0.1, 0.15) is 16.2 Å². The second-order valence-electron chi connectivity index (χ2n) is 3.97. The minimum absolute atomic E-state index is 0.117. The van der Waals surface area contributed by atoms with Gasteiger partial charge in [-0.3, -0.25) is 4.79 Å². The van der Waals surface area contributed by atoms with Gasteiger partial charge in [-0.2, -0.15) is 0 Å². The molecule has 0 fully saturated rings. The van der Waals surface area contributed by atoms with Gasteiger partial charge in [0.25, 0.3) is 5.91 Å². The highest BCUT2D eigenvalue weighted by Crippen LogP contribution is 2.32. The first-order valence-corrected chi connectivity index (χ1v) is 6.78. The van der Waals surface area contributed by atoms with Gasteiger partial charge in [-0.15, -0.1) is 11.3 Å². The molecule has 3 aromatic heterocycles. The highest BCUT2D eigenvalue weighted by Gasteiger charge is 2.15. The third-order valence-corrected chi connectivity index (χ3v) is 3.67. The van der Waals surface area contributed by atoms with Crippen molar-refractivity contribution in [2.24, 2.45) is 0 Å². The van der Waals surface area contributed by atoms with Gasteiger partial charge in [0, 0.05) is 12.1 Å². The molecule has 1 N–H and O–H groups in total. The lowest BCUT2D eigenvalue weighted by Gasteiger charge is -1.94. The number of nitrogens with zero attached hydrogens (tertiary/aromatic N) is 2. The van der Waals surface area contributed by atoms with E-state index in [2.05, 4.69) is 15.6 Å². The van der Waals surface area contributed by atoms with Crippen LogP contribution in [0.25, 0.3) is 10.6 Å². The fourth-order valence-electron chi connectivity index (χ4n) is 1.55. The first-order chi connectivity index (χ1) is 9.61. The molecule has 0 aliphatic heterocycles. The van der Waals surface area contributed by atoms with E-state index in [1.807, 2.05) is 6.07 Å². The van der Waals surface area contributed by atoms with E-state index in [0.29, 0.717) is 21.6 Å². The molecule has 0 aliphatic carbocycles. The number of aromatic nitrogens is 2. The number of hydrogen-bond acceptors (Lipinski definition) is 6. The standard InChI is InChI=1S/C12H8ClN3O3S/c1-6-4-8(19-15-6)12(17)14-11-5-7(18-16-11)9-2-3-10(13)20-9/h2-5H,1H3,(H,14,16,17). The molecule has 0 unspecified atom stereocenters. The number of hydrogen-bond donors (Lipinski definition) is 1. The van der Waals surface area contributed by atoms with Gasteiger partial charge < -0.3 is 14.4 Å². The molecule has 1 amide bonds. The minimum Gasteiger partial charge on any atom is -0.353 e. The van der Waals surface area contributed by atoms with E-state index in [9.17, 15) is 4.79 Å². The van der Waals surface area contributed by atoms with E-state index in [4.69, 9.17) is 20.6 Å². The SMILES string of the molecule is Cc1cc(C(=O)Nc2cc(-c3ccc(Cl)s3)on2)on1. The smallest absolute Gasteiger partial charge is 0.295 e. The number of thiophene rings is 1. The highest BCUT2D eigenvalue weighted by atomic mass is 35.5. The summed E-state index contributed by atoms with van der Waals surface area (Å²) in [6.45, 7) is 1.73. The van der Waals surface area contributed by atoms with Crippen LogP contribution in [0.4, 0.5) is 5.82 Å². The number of rotatable bonds is 3. The molecule has 0 aromatic carbocycles. The average molecular weight is 310 g/mol. The lowest BCUT2D eigenvalue weighted by atomic mass is 10.3. The van der Waals surface area contributed by atoms with Crippen molar-refractivity contribution in [3.8, 4) is 10.6 Å². The van der Waals surface area contributed by atoms with Crippen molar-refractivity contribution in [1.29, 1.82) is 0 Å². The highest BCUT2D eigenvalue weighted by molar-refractivity contribution is 7.19. The van der Waals surface area contributed by atoms with E-state index in [-0.39, 0.29) is 5.76 Å². The lowest BCUT2D eigenvalue weighted by Crippen LogP contribution is -2.10. The van der Waals surface area contributed by atoms with Gasteiger partial charge in [-0.25, -0.2) is 0 Å². The molecule has 102 valence electrons. The summed E-state index contributed by atoms with van der Waals surface area (Å²) in [4.78, 5) is 12.7. The van der Waals surface area contributed by atoms with Crippen molar-refractivity contribution in [3.63, 3.8) is 0 Å². The summed E-state index contributed by atoms with van der Waals surface area (Å²) in [7, 11) is 0. The molecule has 8 heteroatoms. The topological polar surface area (TPSA) is 81.2 Å². The largest absolute Gasteiger partial charge is 0.353 e. The van der Waals surface area contributed by atoms with Crippen molar-refractivity contribution in [3.05, 3.63) is 40.1 Å². The number of nitrogens with one attached hydrogen (secondary N) is 1. The number of amides is 1. The third-order valence-electron chi connectivity index (χ3n) is 2.42. The summed E-state index contributed by atoms with van der Waals surface area (Å²) in [5.74, 6) is 0.510. The van der Waals surface area contributed by atoms with E-state index >= 15 is 0 Å². The van der Waals surface area contributed by atoms with Gasteiger partial charge in [-0.05, 0) is 19.1 Å². The summed E-state index contributed by atoms with van der Waals surface area (Å²) in [6, 6.07) is 6.73. The van der Waals surface area contributed by atoms with Gasteiger partial charge in [0.1, 0.15) is 0 Å². The van der Waals surface area contributed by atoms with E-state index in [1.165, 1.54) is 17.4 Å². The Morgan fingerprint density at radius 2 is 2.15 bits per heavy atom. The van der Waals surface area contributed by atoms with Gasteiger partial charge in [0.15, 0.2) is 11.6 Å². The number of halogens is 1. The van der Waals surface area contributed by atoms with Crippen LogP contribution in [0, 0.1) is 6.92 Å². The molecule has 0 saturated carbocycles. The maximum atomic E-state index is 11.8. The summed E-state index contributed by atoms with van der Waals surface area (Å²) >= 11 is 7.21. The number of carbonyl (C=O) groups is 1. The molecule has 20 heavy (non-hydrogen) atoms. The lowest BCUT2D eigenvalue weighted by molar-refractivity contribution is 0.0987. The summed E-state index contributed by atoms with van der Waals surface area (Å²) in [5, 5.41) is 9.97. The van der Waals surface area contributed by atoms with Crippen LogP contribution in [0.5, 0.6) is 0 Å². The first kappa shape index (κ1) is 12.9. The Labute approximate surface area is 122 Å². The van der Waals surface area contributed by atoms with Crippen LogP contribution in [-0.2, 0) is 0 Å². The zero-order chi connectivity index (χ0) is 14.1. The Morgan fingerprint density at radius 1 is 1.30 bits per heavy atom. The molecule has 3 aromatic rings. The predicted molar refractivity (Wildman–Crippen MR) is 74.0 cm³/mol. The maximum Gasteiger partial charge on any atom is 0.295 e. The summed E-state index contributed by atoms with van der Waals surface area (Å²) < 4.78 is 10.7. The van der Waals surface area contributed by atoms with Crippen molar-refractivity contribution >= 4 is 34.7 Å². The molecule has 3 rings (SSSR count). The molecule has 0 bridgehead atoms. The Balaban J connectivity index is 1.76. The van der Waals surface area contributed by atoms with Crippen molar-refractivity contribution in [2.75, 3.05) is 5.32 Å². The molecular formula is C12H8ClN3O3S. The van der Waals surface area contributed by atoms with Crippen LogP contribution in [-0.4, -0.2) is 16.2 Å². The van der Waals surface area contributed by atoms with Crippen LogP contribution in [0.15, 0.2) is 33.3 Å². The van der Waals surface area contributed by atoms with E-state index < -0.39 is 5.91 Å². The van der Waals surface area contributed by atoms with Crippen molar-refractivity contribution < 1.29 is 13.8 Å². The summed E-state index contributed by atoms with van der Waals surface area (Å²) in [5.41, 5.74) is 0.629. The van der Waals surface area contributed by atoms with Crippen LogP contribution in [0.2, 0.25) is 4.34 Å². The zero-order valence-corrected chi connectivity index (χ0v) is 11.8. The Kier molecular flexibility index (Phi) is 3.29. The maximum absolute atomic E-state index is 11.8. The summed E-state index contributed by atoms with van der Waals surface area (Å²) in [6.07, 6.45) is 0. The number of aryl methyl sites for hydroxylation is 1. The van der Waals surface area contributed by atoms with Crippen molar-refractivity contribution in [1.82, 2.24) is 10.3 Å². The molecular weight excluding hydrogens is 302 g/mol. The monoisotopic (exact) mass is 309 g/mol. The normalized spacial score (nSPS) is 10.7. The molecule has 6 nitrogen and oxygen atoms in total. The van der Waals surface area contributed by atoms with Gasteiger partial charge >= 0.3 is 0 Å². The average Bonchev–Trinajstić information content (AvgIpc) is 3.10. The molecule has 0 radical (unpaired) electrons. The Bertz CT molecular complexity index is 761. The van der Waals surface area contributed by atoms with Crippen molar-refractivity contribution in [2.45, 2.75) is 6.92 Å². The third kappa shape index (κ3) is 2.59. The number of anilines is 1. The fraction of sp³-hybridized carbons (Fsp3) is 0.0833. The molecule has 0 atom stereocenters. The first-order valence-electron chi connectivity index (χ1n) is 5.59.